The van der Waals surface area contributed by atoms with Gasteiger partial charge >= 0.3 is 6.18 Å². The molecule has 0 aliphatic carbocycles. The SMILES string of the molecule is Cc1ccc(Oc2ccc(CO)cc2C(F)(F)F)c(Cl)c1. The van der Waals surface area contributed by atoms with Crippen LogP contribution < -0.4 is 4.74 Å². The van der Waals surface area contributed by atoms with Crippen molar-refractivity contribution in [3.63, 3.8) is 0 Å². The number of aryl methyl sites for hydroxylation is 1. The number of rotatable bonds is 3. The van der Waals surface area contributed by atoms with Crippen LogP contribution in [0.3, 0.4) is 0 Å². The van der Waals surface area contributed by atoms with Gasteiger partial charge < -0.3 is 9.84 Å². The summed E-state index contributed by atoms with van der Waals surface area (Å²) in [5.41, 5.74) is 0.0781. The van der Waals surface area contributed by atoms with Crippen molar-refractivity contribution in [2.24, 2.45) is 0 Å². The number of aliphatic hydroxyl groups is 1. The summed E-state index contributed by atoms with van der Waals surface area (Å²) in [4.78, 5) is 0. The average molecular weight is 317 g/mol. The van der Waals surface area contributed by atoms with Crippen molar-refractivity contribution in [2.45, 2.75) is 19.7 Å². The van der Waals surface area contributed by atoms with Crippen LogP contribution in [0.1, 0.15) is 16.7 Å². The van der Waals surface area contributed by atoms with E-state index in [0.717, 1.165) is 11.6 Å². The molecule has 0 atom stereocenters. The molecule has 0 saturated carbocycles. The highest BCUT2D eigenvalue weighted by molar-refractivity contribution is 6.32. The molecule has 0 amide bonds. The average Bonchev–Trinajstić information content (AvgIpc) is 2.41. The maximum absolute atomic E-state index is 13.0. The molecule has 0 aromatic heterocycles. The van der Waals surface area contributed by atoms with E-state index >= 15 is 0 Å². The van der Waals surface area contributed by atoms with Gasteiger partial charge in [-0.05, 0) is 42.3 Å². The van der Waals surface area contributed by atoms with Gasteiger partial charge in [-0.25, -0.2) is 0 Å². The fourth-order valence-corrected chi connectivity index (χ4v) is 2.07. The van der Waals surface area contributed by atoms with Crippen LogP contribution in [-0.2, 0) is 12.8 Å². The van der Waals surface area contributed by atoms with Crippen LogP contribution in [0.15, 0.2) is 36.4 Å². The maximum atomic E-state index is 13.0. The summed E-state index contributed by atoms with van der Waals surface area (Å²) in [7, 11) is 0. The smallest absolute Gasteiger partial charge is 0.419 e. The molecule has 21 heavy (non-hydrogen) atoms. The Kier molecular flexibility index (Phi) is 4.44. The minimum Gasteiger partial charge on any atom is -0.455 e. The van der Waals surface area contributed by atoms with E-state index in [-0.39, 0.29) is 22.1 Å². The fraction of sp³-hybridized carbons (Fsp3) is 0.200. The lowest BCUT2D eigenvalue weighted by Crippen LogP contribution is -2.08. The van der Waals surface area contributed by atoms with Crippen LogP contribution in [-0.4, -0.2) is 5.11 Å². The first-order chi connectivity index (χ1) is 9.81. The van der Waals surface area contributed by atoms with Gasteiger partial charge in [0.15, 0.2) is 0 Å². The highest BCUT2D eigenvalue weighted by Crippen LogP contribution is 2.40. The number of alkyl halides is 3. The Morgan fingerprint density at radius 2 is 1.76 bits per heavy atom. The Bertz CT molecular complexity index is 654. The number of ether oxygens (including phenoxy) is 1. The standard InChI is InChI=1S/C15H12ClF3O2/c1-9-2-4-14(12(16)6-9)21-13-5-3-10(8-20)7-11(13)15(17,18)19/h2-7,20H,8H2,1H3. The minimum absolute atomic E-state index is 0.143. The predicted octanol–water partition coefficient (Wildman–Crippen LogP) is 4.95. The van der Waals surface area contributed by atoms with E-state index in [2.05, 4.69) is 0 Å². The molecule has 1 N–H and O–H groups in total. The molecule has 2 rings (SSSR count). The fourth-order valence-electron chi connectivity index (χ4n) is 1.79. The van der Waals surface area contributed by atoms with E-state index < -0.39 is 18.3 Å². The first-order valence-corrected chi connectivity index (χ1v) is 6.44. The molecule has 0 aliphatic rings. The van der Waals surface area contributed by atoms with Crippen molar-refractivity contribution in [3.8, 4) is 11.5 Å². The topological polar surface area (TPSA) is 29.5 Å². The summed E-state index contributed by atoms with van der Waals surface area (Å²) in [6, 6.07) is 8.20. The zero-order valence-corrected chi connectivity index (χ0v) is 11.8. The molecule has 6 heteroatoms. The number of halogens is 4. The van der Waals surface area contributed by atoms with Gasteiger partial charge in [-0.15, -0.1) is 0 Å². The van der Waals surface area contributed by atoms with Crippen LogP contribution in [0.2, 0.25) is 5.02 Å². The summed E-state index contributed by atoms with van der Waals surface area (Å²) >= 11 is 5.96. The van der Waals surface area contributed by atoms with Gasteiger partial charge in [-0.1, -0.05) is 23.7 Å². The quantitative estimate of drug-likeness (QED) is 0.868. The third kappa shape index (κ3) is 3.68. The normalized spacial score (nSPS) is 11.5. The first kappa shape index (κ1) is 15.7. The second kappa shape index (κ2) is 5.95. The molecule has 112 valence electrons. The molecular formula is C15H12ClF3O2. The molecule has 0 bridgehead atoms. The molecule has 2 aromatic carbocycles. The minimum atomic E-state index is -4.59. The number of benzene rings is 2. The van der Waals surface area contributed by atoms with Crippen LogP contribution >= 0.6 is 11.6 Å². The highest BCUT2D eigenvalue weighted by Gasteiger charge is 2.35. The van der Waals surface area contributed by atoms with Gasteiger partial charge in [-0.2, -0.15) is 13.2 Å². The molecule has 0 saturated heterocycles. The van der Waals surface area contributed by atoms with Gasteiger partial charge in [0.2, 0.25) is 0 Å². The van der Waals surface area contributed by atoms with Crippen molar-refractivity contribution in [3.05, 3.63) is 58.1 Å². The second-order valence-electron chi connectivity index (χ2n) is 4.52. The van der Waals surface area contributed by atoms with Crippen molar-refractivity contribution >= 4 is 11.6 Å². The van der Waals surface area contributed by atoms with Crippen molar-refractivity contribution in [1.82, 2.24) is 0 Å². The third-order valence-electron chi connectivity index (χ3n) is 2.84. The molecule has 0 heterocycles. The maximum Gasteiger partial charge on any atom is 0.419 e. The lowest BCUT2D eigenvalue weighted by Gasteiger charge is -2.15. The Morgan fingerprint density at radius 1 is 1.10 bits per heavy atom. The number of hydrogen-bond donors (Lipinski definition) is 1. The Hall–Kier alpha value is -1.72. The largest absolute Gasteiger partial charge is 0.455 e. The lowest BCUT2D eigenvalue weighted by atomic mass is 10.1. The van der Waals surface area contributed by atoms with Gasteiger partial charge in [-0.3, -0.25) is 0 Å². The third-order valence-corrected chi connectivity index (χ3v) is 3.13. The monoisotopic (exact) mass is 316 g/mol. The molecule has 0 radical (unpaired) electrons. The van der Waals surface area contributed by atoms with Gasteiger partial charge in [0.25, 0.3) is 0 Å². The molecule has 0 fully saturated rings. The van der Waals surface area contributed by atoms with Crippen LogP contribution in [0, 0.1) is 6.92 Å². The van der Waals surface area contributed by atoms with Gasteiger partial charge in [0, 0.05) is 0 Å². The van der Waals surface area contributed by atoms with Crippen LogP contribution in [0.4, 0.5) is 13.2 Å². The van der Waals surface area contributed by atoms with E-state index in [1.165, 1.54) is 18.2 Å². The Balaban J connectivity index is 2.44. The summed E-state index contributed by atoms with van der Waals surface area (Å²) < 4.78 is 44.4. The Morgan fingerprint density at radius 3 is 2.33 bits per heavy atom. The van der Waals surface area contributed by atoms with Crippen molar-refractivity contribution in [1.29, 1.82) is 0 Å². The second-order valence-corrected chi connectivity index (χ2v) is 4.93. The van der Waals surface area contributed by atoms with Crippen LogP contribution in [0.25, 0.3) is 0 Å². The lowest BCUT2D eigenvalue weighted by molar-refractivity contribution is -0.138. The van der Waals surface area contributed by atoms with E-state index in [1.807, 2.05) is 6.92 Å². The van der Waals surface area contributed by atoms with Crippen molar-refractivity contribution in [2.75, 3.05) is 0 Å². The number of aliphatic hydroxyl groups excluding tert-OH is 1. The van der Waals surface area contributed by atoms with Crippen LogP contribution in [0.5, 0.6) is 11.5 Å². The molecule has 0 spiro atoms. The molecule has 2 nitrogen and oxygen atoms in total. The van der Waals surface area contributed by atoms with E-state index in [0.29, 0.717) is 0 Å². The molecule has 0 unspecified atom stereocenters. The zero-order chi connectivity index (χ0) is 15.6. The van der Waals surface area contributed by atoms with E-state index in [1.54, 1.807) is 12.1 Å². The zero-order valence-electron chi connectivity index (χ0n) is 11.0. The summed E-state index contributed by atoms with van der Waals surface area (Å²) in [6.07, 6.45) is -4.59. The Labute approximate surface area is 124 Å². The van der Waals surface area contributed by atoms with Gasteiger partial charge in [0.1, 0.15) is 11.5 Å². The highest BCUT2D eigenvalue weighted by atomic mass is 35.5. The van der Waals surface area contributed by atoms with Crippen molar-refractivity contribution < 1.29 is 23.0 Å². The first-order valence-electron chi connectivity index (χ1n) is 6.06. The summed E-state index contributed by atoms with van der Waals surface area (Å²) in [5, 5.41) is 9.18. The van der Waals surface area contributed by atoms with E-state index in [4.69, 9.17) is 21.4 Å². The van der Waals surface area contributed by atoms with E-state index in [9.17, 15) is 13.2 Å². The number of hydrogen-bond acceptors (Lipinski definition) is 2. The molecular weight excluding hydrogens is 305 g/mol. The molecule has 2 aromatic rings. The van der Waals surface area contributed by atoms with Gasteiger partial charge in [0.05, 0.1) is 17.2 Å². The predicted molar refractivity (Wildman–Crippen MR) is 73.6 cm³/mol. The summed E-state index contributed by atoms with van der Waals surface area (Å²) in [5.74, 6) is -0.213. The molecule has 0 aliphatic heterocycles. The summed E-state index contributed by atoms with van der Waals surface area (Å²) in [6.45, 7) is 1.33.